The summed E-state index contributed by atoms with van der Waals surface area (Å²) < 4.78 is 6.68. The fraction of sp³-hybridized carbons (Fsp3) is 0.667. The molecule has 1 aromatic rings. The van der Waals surface area contributed by atoms with Gasteiger partial charge in [-0.25, -0.2) is 0 Å². The average Bonchev–Trinajstić information content (AvgIpc) is 3.02. The number of nitrogens with zero attached hydrogens (tertiary/aromatic N) is 3. The molecule has 0 saturated carbocycles. The Morgan fingerprint density at radius 1 is 1.74 bits per heavy atom. The first-order chi connectivity index (χ1) is 9.20. The van der Waals surface area contributed by atoms with Crippen LogP contribution in [-0.2, 0) is 16.1 Å². The molecule has 0 aliphatic carbocycles. The Labute approximate surface area is 117 Å². The zero-order chi connectivity index (χ0) is 13.7. The van der Waals surface area contributed by atoms with Crippen LogP contribution < -0.4 is 5.73 Å². The number of aromatic nitrogens is 2. The summed E-state index contributed by atoms with van der Waals surface area (Å²) in [7, 11) is 1.65. The number of nitrogen functional groups attached to an aromatic ring is 1. The Kier molecular flexibility index (Phi) is 5.09. The number of thioether (sulfide) groups is 1. The number of carbonyl (C=O) groups excluding carboxylic acids is 1. The molecule has 1 unspecified atom stereocenters. The van der Waals surface area contributed by atoms with Crippen LogP contribution in [0.1, 0.15) is 6.42 Å². The molecule has 6 nitrogen and oxygen atoms in total. The van der Waals surface area contributed by atoms with E-state index in [4.69, 9.17) is 10.5 Å². The van der Waals surface area contributed by atoms with E-state index in [-0.39, 0.29) is 12.5 Å². The number of carbonyl (C=O) groups is 1. The number of methoxy groups -OCH3 is 1. The smallest absolute Gasteiger partial charge is 0.244 e. The first-order valence-electron chi connectivity index (χ1n) is 6.36. The number of nitrogens with two attached hydrogens (primary N) is 1. The van der Waals surface area contributed by atoms with Crippen molar-refractivity contribution in [1.82, 2.24) is 14.7 Å². The van der Waals surface area contributed by atoms with Crippen molar-refractivity contribution in [3.63, 3.8) is 0 Å². The van der Waals surface area contributed by atoms with E-state index in [0.717, 1.165) is 17.9 Å². The lowest BCUT2D eigenvalue weighted by molar-refractivity contribution is -0.134. The van der Waals surface area contributed by atoms with E-state index in [0.29, 0.717) is 25.0 Å². The first-order valence-corrected chi connectivity index (χ1v) is 7.51. The normalized spacial score (nSPS) is 18.7. The van der Waals surface area contributed by atoms with Crippen molar-refractivity contribution >= 4 is 23.5 Å². The van der Waals surface area contributed by atoms with E-state index < -0.39 is 0 Å². The van der Waals surface area contributed by atoms with Crippen LogP contribution in [0.5, 0.6) is 0 Å². The van der Waals surface area contributed by atoms with Crippen LogP contribution in [0.4, 0.5) is 5.82 Å². The van der Waals surface area contributed by atoms with E-state index in [1.807, 2.05) is 16.7 Å². The predicted octanol–water partition coefficient (Wildman–Crippen LogP) is 0.446. The third-order valence-corrected chi connectivity index (χ3v) is 4.31. The number of rotatable bonds is 6. The summed E-state index contributed by atoms with van der Waals surface area (Å²) in [6, 6.07) is 2.01. The second kappa shape index (κ2) is 6.81. The molecule has 1 fully saturated rings. The largest absolute Gasteiger partial charge is 0.383 e. The van der Waals surface area contributed by atoms with Gasteiger partial charge in [0.1, 0.15) is 12.4 Å². The van der Waals surface area contributed by atoms with E-state index in [1.54, 1.807) is 24.1 Å². The molecule has 1 amide bonds. The van der Waals surface area contributed by atoms with Gasteiger partial charge in [0.2, 0.25) is 5.91 Å². The highest BCUT2D eigenvalue weighted by atomic mass is 32.2. The standard InChI is InChI=1S/C12H20N4O2S/c1-18-6-5-16(10-3-7-19-9-10)12(17)8-15-4-2-11(13)14-15/h2,4,10H,3,5-9H2,1H3,(H2,13,14). The van der Waals surface area contributed by atoms with E-state index >= 15 is 0 Å². The van der Waals surface area contributed by atoms with E-state index in [9.17, 15) is 4.79 Å². The van der Waals surface area contributed by atoms with Crippen LogP contribution in [0.2, 0.25) is 0 Å². The first kappa shape index (κ1) is 14.2. The SMILES string of the molecule is COCCN(C(=O)Cn1ccc(N)n1)C1CCSC1. The second-order valence-electron chi connectivity index (χ2n) is 4.54. The molecule has 19 heavy (non-hydrogen) atoms. The molecular formula is C12H20N4O2S. The zero-order valence-corrected chi connectivity index (χ0v) is 11.9. The molecule has 1 aliphatic heterocycles. The molecule has 106 valence electrons. The van der Waals surface area contributed by atoms with Gasteiger partial charge in [0, 0.05) is 31.6 Å². The third kappa shape index (κ3) is 3.87. The maximum absolute atomic E-state index is 12.4. The number of hydrogen-bond acceptors (Lipinski definition) is 5. The highest BCUT2D eigenvalue weighted by molar-refractivity contribution is 7.99. The van der Waals surface area contributed by atoms with Gasteiger partial charge in [-0.1, -0.05) is 0 Å². The van der Waals surface area contributed by atoms with Crippen molar-refractivity contribution in [3.05, 3.63) is 12.3 Å². The van der Waals surface area contributed by atoms with Gasteiger partial charge in [0.15, 0.2) is 0 Å². The van der Waals surface area contributed by atoms with Crippen molar-refractivity contribution in [1.29, 1.82) is 0 Å². The van der Waals surface area contributed by atoms with Crippen molar-refractivity contribution in [3.8, 4) is 0 Å². The van der Waals surface area contributed by atoms with Gasteiger partial charge >= 0.3 is 0 Å². The van der Waals surface area contributed by atoms with Crippen LogP contribution in [0.25, 0.3) is 0 Å². The Balaban J connectivity index is 1.97. The summed E-state index contributed by atoms with van der Waals surface area (Å²) in [4.78, 5) is 14.3. The van der Waals surface area contributed by atoms with Crippen LogP contribution in [0.15, 0.2) is 12.3 Å². The Morgan fingerprint density at radius 2 is 2.58 bits per heavy atom. The van der Waals surface area contributed by atoms with Gasteiger partial charge in [-0.15, -0.1) is 0 Å². The molecule has 1 atom stereocenters. The molecular weight excluding hydrogens is 264 g/mol. The molecule has 2 N–H and O–H groups in total. The predicted molar refractivity (Wildman–Crippen MR) is 76.0 cm³/mol. The lowest BCUT2D eigenvalue weighted by atomic mass is 10.2. The number of hydrogen-bond donors (Lipinski definition) is 1. The highest BCUT2D eigenvalue weighted by Crippen LogP contribution is 2.22. The van der Waals surface area contributed by atoms with Crippen LogP contribution in [0.3, 0.4) is 0 Å². The fourth-order valence-corrected chi connectivity index (χ4v) is 3.39. The molecule has 2 heterocycles. The quantitative estimate of drug-likeness (QED) is 0.821. The summed E-state index contributed by atoms with van der Waals surface area (Å²) in [6.45, 7) is 1.44. The minimum Gasteiger partial charge on any atom is -0.383 e. The Bertz CT molecular complexity index is 418. The summed E-state index contributed by atoms with van der Waals surface area (Å²) in [6.07, 6.45) is 2.78. The summed E-state index contributed by atoms with van der Waals surface area (Å²) in [5.74, 6) is 2.65. The third-order valence-electron chi connectivity index (χ3n) is 3.16. The van der Waals surface area contributed by atoms with Crippen molar-refractivity contribution < 1.29 is 9.53 Å². The summed E-state index contributed by atoms with van der Waals surface area (Å²) in [5, 5.41) is 4.05. The van der Waals surface area contributed by atoms with Gasteiger partial charge in [-0.2, -0.15) is 16.9 Å². The van der Waals surface area contributed by atoms with Crippen molar-refractivity contribution in [2.75, 3.05) is 37.5 Å². The summed E-state index contributed by atoms with van der Waals surface area (Å²) in [5.41, 5.74) is 5.55. The molecule has 0 bridgehead atoms. The molecule has 1 aromatic heterocycles. The molecule has 0 aromatic carbocycles. The van der Waals surface area contributed by atoms with Gasteiger partial charge < -0.3 is 15.4 Å². The van der Waals surface area contributed by atoms with Crippen LogP contribution in [-0.4, -0.2) is 58.4 Å². The maximum atomic E-state index is 12.4. The molecule has 0 spiro atoms. The maximum Gasteiger partial charge on any atom is 0.244 e. The highest BCUT2D eigenvalue weighted by Gasteiger charge is 2.26. The van der Waals surface area contributed by atoms with Crippen molar-refractivity contribution in [2.45, 2.75) is 19.0 Å². The fourth-order valence-electron chi connectivity index (χ4n) is 2.16. The monoisotopic (exact) mass is 284 g/mol. The molecule has 2 rings (SSSR count). The van der Waals surface area contributed by atoms with Gasteiger partial charge in [0.25, 0.3) is 0 Å². The minimum atomic E-state index is 0.0765. The zero-order valence-electron chi connectivity index (χ0n) is 11.1. The van der Waals surface area contributed by atoms with Crippen molar-refractivity contribution in [2.24, 2.45) is 0 Å². The average molecular weight is 284 g/mol. The lowest BCUT2D eigenvalue weighted by Gasteiger charge is -2.28. The molecule has 1 saturated heterocycles. The van der Waals surface area contributed by atoms with Gasteiger partial charge in [-0.3, -0.25) is 9.48 Å². The topological polar surface area (TPSA) is 73.4 Å². The minimum absolute atomic E-state index is 0.0765. The van der Waals surface area contributed by atoms with Crippen LogP contribution in [0, 0.1) is 0 Å². The van der Waals surface area contributed by atoms with E-state index in [2.05, 4.69) is 5.10 Å². The summed E-state index contributed by atoms with van der Waals surface area (Å²) >= 11 is 1.89. The number of ether oxygens (including phenoxy) is 1. The van der Waals surface area contributed by atoms with Gasteiger partial charge in [0.05, 0.1) is 6.61 Å². The van der Waals surface area contributed by atoms with E-state index in [1.165, 1.54) is 0 Å². The molecule has 7 heteroatoms. The number of amides is 1. The molecule has 1 aliphatic rings. The lowest BCUT2D eigenvalue weighted by Crippen LogP contribution is -2.44. The number of anilines is 1. The molecule has 0 radical (unpaired) electrons. The second-order valence-corrected chi connectivity index (χ2v) is 5.69. The van der Waals surface area contributed by atoms with Crippen LogP contribution >= 0.6 is 11.8 Å². The Hall–Kier alpha value is -1.21. The van der Waals surface area contributed by atoms with Gasteiger partial charge in [-0.05, 0) is 18.2 Å². The Morgan fingerprint density at radius 3 is 3.16 bits per heavy atom.